The van der Waals surface area contributed by atoms with Crippen LogP contribution in [0, 0.1) is 6.92 Å². The summed E-state index contributed by atoms with van der Waals surface area (Å²) in [6.45, 7) is 1.88. The second kappa shape index (κ2) is 10.9. The zero-order chi connectivity index (χ0) is 24.8. The van der Waals surface area contributed by atoms with Crippen LogP contribution >= 0.6 is 11.6 Å². The van der Waals surface area contributed by atoms with Gasteiger partial charge in [0.05, 0.1) is 0 Å². The van der Waals surface area contributed by atoms with Gasteiger partial charge >= 0.3 is 11.6 Å². The van der Waals surface area contributed by atoms with E-state index in [0.29, 0.717) is 29.1 Å². The Morgan fingerprint density at radius 1 is 1.00 bits per heavy atom. The molecule has 8 heteroatoms. The highest BCUT2D eigenvalue weighted by molar-refractivity contribution is 6.30. The van der Waals surface area contributed by atoms with E-state index in [0.717, 1.165) is 11.1 Å². The lowest BCUT2D eigenvalue weighted by Crippen LogP contribution is -2.29. The molecule has 0 radical (unpaired) electrons. The Labute approximate surface area is 206 Å². The van der Waals surface area contributed by atoms with Gasteiger partial charge in [0.2, 0.25) is 0 Å². The van der Waals surface area contributed by atoms with Crippen molar-refractivity contribution in [3.8, 4) is 11.5 Å². The van der Waals surface area contributed by atoms with Crippen LogP contribution in [0.15, 0.2) is 82.0 Å². The van der Waals surface area contributed by atoms with Crippen LogP contribution in [-0.4, -0.2) is 25.0 Å². The number of nitrogens with one attached hydrogen (secondary N) is 1. The Balaban J connectivity index is 1.38. The van der Waals surface area contributed by atoms with Crippen molar-refractivity contribution in [3.63, 3.8) is 0 Å². The van der Waals surface area contributed by atoms with E-state index in [9.17, 15) is 14.4 Å². The highest BCUT2D eigenvalue weighted by Crippen LogP contribution is 2.23. The summed E-state index contributed by atoms with van der Waals surface area (Å²) in [4.78, 5) is 37.1. The summed E-state index contributed by atoms with van der Waals surface area (Å²) >= 11 is 5.92. The van der Waals surface area contributed by atoms with Crippen LogP contribution in [0.4, 0.5) is 0 Å². The van der Waals surface area contributed by atoms with Gasteiger partial charge in [-0.15, -0.1) is 0 Å². The zero-order valence-electron chi connectivity index (χ0n) is 18.9. The van der Waals surface area contributed by atoms with E-state index in [4.69, 9.17) is 25.5 Å². The molecule has 1 N–H and O–H groups in total. The molecule has 0 atom stereocenters. The molecule has 1 amide bonds. The maximum Gasteiger partial charge on any atom is 0.349 e. The third kappa shape index (κ3) is 6.28. The smallest absolute Gasteiger partial charge is 0.349 e. The molecular weight excluding hydrogens is 470 g/mol. The molecule has 0 saturated carbocycles. The molecule has 4 rings (SSSR count). The number of carbonyl (C=O) groups excluding carboxylic acids is 2. The van der Waals surface area contributed by atoms with Gasteiger partial charge < -0.3 is 19.2 Å². The average Bonchev–Trinajstić information content (AvgIpc) is 2.83. The number of ether oxygens (including phenoxy) is 2. The predicted molar refractivity (Wildman–Crippen MR) is 132 cm³/mol. The van der Waals surface area contributed by atoms with E-state index in [2.05, 4.69) is 5.32 Å². The van der Waals surface area contributed by atoms with Gasteiger partial charge in [0.15, 0.2) is 6.61 Å². The summed E-state index contributed by atoms with van der Waals surface area (Å²) in [5.74, 6) is -0.440. The molecule has 1 heterocycles. The normalized spacial score (nSPS) is 10.7. The van der Waals surface area contributed by atoms with E-state index in [1.165, 1.54) is 12.1 Å². The van der Waals surface area contributed by atoms with Gasteiger partial charge in [-0.1, -0.05) is 41.9 Å². The molecule has 0 saturated heterocycles. The number of halogens is 1. The van der Waals surface area contributed by atoms with Crippen molar-refractivity contribution in [1.29, 1.82) is 0 Å². The molecule has 7 nitrogen and oxygen atoms in total. The van der Waals surface area contributed by atoms with Crippen molar-refractivity contribution in [2.75, 3.05) is 13.2 Å². The minimum atomic E-state index is -0.778. The lowest BCUT2D eigenvalue weighted by molar-refractivity contribution is -0.136. The molecule has 0 unspecified atom stereocenters. The van der Waals surface area contributed by atoms with Gasteiger partial charge in [0, 0.05) is 23.0 Å². The Hall–Kier alpha value is -4.10. The zero-order valence-corrected chi connectivity index (χ0v) is 19.6. The third-order valence-corrected chi connectivity index (χ3v) is 5.44. The molecule has 3 aromatic carbocycles. The van der Waals surface area contributed by atoms with E-state index in [1.54, 1.807) is 30.3 Å². The van der Waals surface area contributed by atoms with Crippen LogP contribution in [0.25, 0.3) is 11.0 Å². The standard InChI is InChI=1S/C27H22ClNO6/c1-17-13-20(28)8-10-23(17)33-16-25(30)34-21-9-7-19-14-22(27(32)35-24(19)15-21)26(31)29-12-11-18-5-3-2-4-6-18/h2-10,13-15H,11-12,16H2,1H3,(H,29,31). The summed E-state index contributed by atoms with van der Waals surface area (Å²) in [6, 6.07) is 20.8. The van der Waals surface area contributed by atoms with Crippen LogP contribution in [0.2, 0.25) is 5.02 Å². The molecule has 0 spiro atoms. The van der Waals surface area contributed by atoms with Crippen molar-refractivity contribution in [1.82, 2.24) is 5.32 Å². The molecule has 178 valence electrons. The fourth-order valence-electron chi connectivity index (χ4n) is 3.45. The van der Waals surface area contributed by atoms with Crippen molar-refractivity contribution in [2.45, 2.75) is 13.3 Å². The van der Waals surface area contributed by atoms with Crippen LogP contribution < -0.4 is 20.4 Å². The van der Waals surface area contributed by atoms with E-state index >= 15 is 0 Å². The molecule has 0 fully saturated rings. The first-order chi connectivity index (χ1) is 16.9. The summed E-state index contributed by atoms with van der Waals surface area (Å²) < 4.78 is 16.1. The lowest BCUT2D eigenvalue weighted by atomic mass is 10.1. The fourth-order valence-corrected chi connectivity index (χ4v) is 3.67. The second-order valence-electron chi connectivity index (χ2n) is 7.81. The van der Waals surface area contributed by atoms with Crippen molar-refractivity contribution < 1.29 is 23.5 Å². The van der Waals surface area contributed by atoms with Gasteiger partial charge in [-0.2, -0.15) is 0 Å². The van der Waals surface area contributed by atoms with E-state index < -0.39 is 17.5 Å². The average molecular weight is 492 g/mol. The number of benzene rings is 3. The van der Waals surface area contributed by atoms with Gasteiger partial charge in [0.1, 0.15) is 22.6 Å². The van der Waals surface area contributed by atoms with Gasteiger partial charge in [-0.3, -0.25) is 4.79 Å². The summed E-state index contributed by atoms with van der Waals surface area (Å²) in [7, 11) is 0. The molecule has 4 aromatic rings. The third-order valence-electron chi connectivity index (χ3n) is 5.21. The maximum atomic E-state index is 12.5. The van der Waals surface area contributed by atoms with Gasteiger partial charge in [-0.25, -0.2) is 9.59 Å². The van der Waals surface area contributed by atoms with Crippen molar-refractivity contribution >= 4 is 34.4 Å². The van der Waals surface area contributed by atoms with Crippen LogP contribution in [0.3, 0.4) is 0 Å². The number of hydrogen-bond donors (Lipinski definition) is 1. The Kier molecular flexibility index (Phi) is 7.48. The highest BCUT2D eigenvalue weighted by atomic mass is 35.5. The highest BCUT2D eigenvalue weighted by Gasteiger charge is 2.15. The molecule has 0 bridgehead atoms. The van der Waals surface area contributed by atoms with E-state index in [1.807, 2.05) is 37.3 Å². The SMILES string of the molecule is Cc1cc(Cl)ccc1OCC(=O)Oc1ccc2cc(C(=O)NCCc3ccccc3)c(=O)oc2c1. The van der Waals surface area contributed by atoms with Crippen molar-refractivity contribution in [2.24, 2.45) is 0 Å². The maximum absolute atomic E-state index is 12.5. The first-order valence-electron chi connectivity index (χ1n) is 10.9. The predicted octanol–water partition coefficient (Wildman–Crippen LogP) is 4.71. The number of esters is 1. The summed E-state index contributed by atoms with van der Waals surface area (Å²) in [5, 5.41) is 3.83. The fraction of sp³-hybridized carbons (Fsp3) is 0.148. The summed E-state index contributed by atoms with van der Waals surface area (Å²) in [5.41, 5.74) is 1.18. The number of rotatable bonds is 8. The number of fused-ring (bicyclic) bond motifs is 1. The topological polar surface area (TPSA) is 94.8 Å². The van der Waals surface area contributed by atoms with Crippen LogP contribution in [-0.2, 0) is 11.2 Å². The second-order valence-corrected chi connectivity index (χ2v) is 8.25. The first kappa shape index (κ1) is 24.0. The number of aryl methyl sites for hydroxylation is 1. The van der Waals surface area contributed by atoms with Crippen molar-refractivity contribution in [3.05, 3.63) is 105 Å². The van der Waals surface area contributed by atoms with Crippen LogP contribution in [0.5, 0.6) is 11.5 Å². The monoisotopic (exact) mass is 491 g/mol. The summed E-state index contributed by atoms with van der Waals surface area (Å²) in [6.07, 6.45) is 0.640. The Morgan fingerprint density at radius 2 is 1.80 bits per heavy atom. The quantitative estimate of drug-likeness (QED) is 0.218. The molecule has 0 aliphatic rings. The number of hydrogen-bond acceptors (Lipinski definition) is 6. The van der Waals surface area contributed by atoms with E-state index in [-0.39, 0.29) is 23.5 Å². The van der Waals surface area contributed by atoms with Gasteiger partial charge in [0.25, 0.3) is 5.91 Å². The Morgan fingerprint density at radius 3 is 2.57 bits per heavy atom. The first-order valence-corrected chi connectivity index (χ1v) is 11.3. The number of carbonyl (C=O) groups is 2. The molecule has 0 aliphatic carbocycles. The lowest BCUT2D eigenvalue weighted by Gasteiger charge is -2.10. The Bertz CT molecular complexity index is 1430. The minimum Gasteiger partial charge on any atom is -0.482 e. The molecule has 35 heavy (non-hydrogen) atoms. The molecular formula is C27H22ClNO6. The molecule has 0 aliphatic heterocycles. The van der Waals surface area contributed by atoms with Crippen LogP contribution in [0.1, 0.15) is 21.5 Å². The van der Waals surface area contributed by atoms with Gasteiger partial charge in [-0.05, 0) is 60.9 Å². The largest absolute Gasteiger partial charge is 0.482 e. The molecule has 1 aromatic heterocycles. The number of amides is 1. The minimum absolute atomic E-state index is 0.0953.